The molecule has 6 nitrogen and oxygen atoms in total. The van der Waals surface area contributed by atoms with Crippen molar-refractivity contribution in [2.24, 2.45) is 0 Å². The predicted molar refractivity (Wildman–Crippen MR) is 86.0 cm³/mol. The molecule has 120 valence electrons. The monoisotopic (exact) mass is 330 g/mol. The summed E-state index contributed by atoms with van der Waals surface area (Å²) in [5.74, 6) is 1.36. The summed E-state index contributed by atoms with van der Waals surface area (Å²) in [6.45, 7) is 0.706. The summed E-state index contributed by atoms with van der Waals surface area (Å²) in [4.78, 5) is 12.4. The third kappa shape index (κ3) is 2.97. The quantitative estimate of drug-likeness (QED) is 0.620. The molecule has 0 saturated heterocycles. The topological polar surface area (TPSA) is 69.9 Å². The molecule has 0 radical (unpaired) electrons. The maximum Gasteiger partial charge on any atom is 0.210 e. The SMILES string of the molecule is O=C(CSc1nnnn1C1CCCC1)c1ccc2c(c1)CCO2. The highest BCUT2D eigenvalue weighted by atomic mass is 32.2. The van der Waals surface area contributed by atoms with Crippen LogP contribution in [0, 0.1) is 0 Å². The number of hydrogen-bond donors (Lipinski definition) is 0. The molecule has 1 aromatic heterocycles. The maximum absolute atomic E-state index is 12.4. The largest absolute Gasteiger partial charge is 0.493 e. The van der Waals surface area contributed by atoms with Crippen LogP contribution in [-0.4, -0.2) is 38.4 Å². The number of hydrogen-bond acceptors (Lipinski definition) is 6. The van der Waals surface area contributed by atoms with Crippen LogP contribution in [-0.2, 0) is 6.42 Å². The number of tetrazole rings is 1. The van der Waals surface area contributed by atoms with Crippen molar-refractivity contribution in [3.8, 4) is 5.75 Å². The molecule has 1 saturated carbocycles. The Morgan fingerprint density at radius 2 is 2.22 bits per heavy atom. The number of nitrogens with zero attached hydrogens (tertiary/aromatic N) is 4. The van der Waals surface area contributed by atoms with E-state index in [0.717, 1.165) is 41.3 Å². The lowest BCUT2D eigenvalue weighted by Crippen LogP contribution is -2.10. The van der Waals surface area contributed by atoms with Crippen LogP contribution in [0.15, 0.2) is 23.4 Å². The van der Waals surface area contributed by atoms with E-state index in [1.54, 1.807) is 0 Å². The molecule has 23 heavy (non-hydrogen) atoms. The number of thioether (sulfide) groups is 1. The fourth-order valence-corrected chi connectivity index (χ4v) is 4.07. The van der Waals surface area contributed by atoms with Gasteiger partial charge in [-0.3, -0.25) is 4.79 Å². The van der Waals surface area contributed by atoms with Crippen LogP contribution in [0.25, 0.3) is 0 Å². The number of ketones is 1. The molecule has 1 fully saturated rings. The van der Waals surface area contributed by atoms with Crippen molar-refractivity contribution in [2.45, 2.75) is 43.3 Å². The zero-order chi connectivity index (χ0) is 15.6. The Hall–Kier alpha value is -1.89. The van der Waals surface area contributed by atoms with E-state index in [9.17, 15) is 4.79 Å². The van der Waals surface area contributed by atoms with Gasteiger partial charge in [0, 0.05) is 12.0 Å². The summed E-state index contributed by atoms with van der Waals surface area (Å²) >= 11 is 1.42. The predicted octanol–water partition coefficient (Wildman–Crippen LogP) is 2.70. The van der Waals surface area contributed by atoms with Crippen molar-refractivity contribution >= 4 is 17.5 Å². The summed E-state index contributed by atoms with van der Waals surface area (Å²) in [5, 5.41) is 12.7. The maximum atomic E-state index is 12.4. The second kappa shape index (κ2) is 6.31. The van der Waals surface area contributed by atoms with Gasteiger partial charge in [-0.1, -0.05) is 24.6 Å². The Balaban J connectivity index is 1.43. The van der Waals surface area contributed by atoms with E-state index in [-0.39, 0.29) is 5.78 Å². The van der Waals surface area contributed by atoms with E-state index in [1.807, 2.05) is 22.9 Å². The molecule has 1 aliphatic heterocycles. The summed E-state index contributed by atoms with van der Waals surface area (Å²) < 4.78 is 7.37. The van der Waals surface area contributed by atoms with E-state index >= 15 is 0 Å². The molecular weight excluding hydrogens is 312 g/mol. The number of carbonyl (C=O) groups is 1. The van der Waals surface area contributed by atoms with Crippen LogP contribution in [0.1, 0.15) is 47.6 Å². The van der Waals surface area contributed by atoms with Crippen LogP contribution < -0.4 is 4.74 Å². The lowest BCUT2D eigenvalue weighted by Gasteiger charge is -2.10. The van der Waals surface area contributed by atoms with Gasteiger partial charge in [0.2, 0.25) is 5.16 Å². The van der Waals surface area contributed by atoms with Gasteiger partial charge in [-0.2, -0.15) is 0 Å². The molecule has 0 N–H and O–H groups in total. The standard InChI is InChI=1S/C16H18N4O2S/c21-14(11-5-6-15-12(9-11)7-8-22-15)10-23-16-17-18-19-20(16)13-3-1-2-4-13/h5-6,9,13H,1-4,7-8,10H2. The van der Waals surface area contributed by atoms with Crippen LogP contribution in [0.3, 0.4) is 0 Å². The first-order valence-electron chi connectivity index (χ1n) is 8.01. The molecule has 0 unspecified atom stereocenters. The molecule has 7 heteroatoms. The minimum atomic E-state index is 0.102. The number of rotatable bonds is 5. The Morgan fingerprint density at radius 3 is 3.09 bits per heavy atom. The van der Waals surface area contributed by atoms with Gasteiger partial charge in [0.05, 0.1) is 18.4 Å². The van der Waals surface area contributed by atoms with E-state index in [4.69, 9.17) is 4.74 Å². The van der Waals surface area contributed by atoms with Gasteiger partial charge in [-0.15, -0.1) is 5.10 Å². The molecule has 2 heterocycles. The van der Waals surface area contributed by atoms with E-state index in [0.29, 0.717) is 18.4 Å². The summed E-state index contributed by atoms with van der Waals surface area (Å²) in [6, 6.07) is 6.07. The Morgan fingerprint density at radius 1 is 1.35 bits per heavy atom. The highest BCUT2D eigenvalue weighted by Crippen LogP contribution is 2.32. The van der Waals surface area contributed by atoms with Gasteiger partial charge < -0.3 is 4.74 Å². The number of carbonyl (C=O) groups excluding carboxylic acids is 1. The first-order valence-corrected chi connectivity index (χ1v) is 8.99. The normalized spacial score (nSPS) is 17.2. The van der Waals surface area contributed by atoms with Crippen LogP contribution in [0.2, 0.25) is 0 Å². The van der Waals surface area contributed by atoms with Crippen molar-refractivity contribution in [3.63, 3.8) is 0 Å². The molecule has 0 amide bonds. The van der Waals surface area contributed by atoms with Gasteiger partial charge in [-0.05, 0) is 47.0 Å². The van der Waals surface area contributed by atoms with Crippen molar-refractivity contribution < 1.29 is 9.53 Å². The smallest absolute Gasteiger partial charge is 0.210 e. The van der Waals surface area contributed by atoms with Gasteiger partial charge in [-0.25, -0.2) is 4.68 Å². The third-order valence-electron chi connectivity index (χ3n) is 4.48. The molecule has 0 atom stereocenters. The Bertz CT molecular complexity index is 725. The number of Topliss-reactive ketones (excluding diaryl/α,β-unsaturated/α-hetero) is 1. The minimum Gasteiger partial charge on any atom is -0.493 e. The van der Waals surface area contributed by atoms with Crippen molar-refractivity contribution in [2.75, 3.05) is 12.4 Å². The van der Waals surface area contributed by atoms with Crippen LogP contribution >= 0.6 is 11.8 Å². The van der Waals surface area contributed by atoms with Gasteiger partial charge in [0.15, 0.2) is 5.78 Å². The number of ether oxygens (including phenoxy) is 1. The fraction of sp³-hybridized carbons (Fsp3) is 0.500. The molecule has 2 aliphatic rings. The average molecular weight is 330 g/mol. The minimum absolute atomic E-state index is 0.102. The third-order valence-corrected chi connectivity index (χ3v) is 5.41. The first-order chi connectivity index (χ1) is 11.3. The molecule has 2 aromatic rings. The van der Waals surface area contributed by atoms with E-state index in [2.05, 4.69) is 15.5 Å². The van der Waals surface area contributed by atoms with Crippen molar-refractivity contribution in [1.82, 2.24) is 20.2 Å². The lowest BCUT2D eigenvalue weighted by atomic mass is 10.1. The zero-order valence-corrected chi connectivity index (χ0v) is 13.6. The van der Waals surface area contributed by atoms with E-state index < -0.39 is 0 Å². The highest BCUT2D eigenvalue weighted by Gasteiger charge is 2.22. The van der Waals surface area contributed by atoms with Crippen LogP contribution in [0.5, 0.6) is 5.75 Å². The summed E-state index contributed by atoms with van der Waals surface area (Å²) in [6.07, 6.45) is 5.58. The molecular formula is C16H18N4O2S. The van der Waals surface area contributed by atoms with E-state index in [1.165, 1.54) is 24.6 Å². The first kappa shape index (κ1) is 14.7. The van der Waals surface area contributed by atoms with Gasteiger partial charge in [0.25, 0.3) is 0 Å². The second-order valence-corrected chi connectivity index (χ2v) is 6.92. The Labute approximate surface area is 138 Å². The zero-order valence-electron chi connectivity index (χ0n) is 12.8. The van der Waals surface area contributed by atoms with Crippen LogP contribution in [0.4, 0.5) is 0 Å². The summed E-state index contributed by atoms with van der Waals surface area (Å²) in [5.41, 5.74) is 1.86. The van der Waals surface area contributed by atoms with Gasteiger partial charge in [0.1, 0.15) is 5.75 Å². The second-order valence-electron chi connectivity index (χ2n) is 5.98. The highest BCUT2D eigenvalue weighted by molar-refractivity contribution is 7.99. The molecule has 0 spiro atoms. The molecule has 4 rings (SSSR count). The van der Waals surface area contributed by atoms with Gasteiger partial charge >= 0.3 is 0 Å². The summed E-state index contributed by atoms with van der Waals surface area (Å²) in [7, 11) is 0. The fourth-order valence-electron chi connectivity index (χ4n) is 3.23. The number of aromatic nitrogens is 4. The van der Waals surface area contributed by atoms with Crippen molar-refractivity contribution in [3.05, 3.63) is 29.3 Å². The number of benzene rings is 1. The molecule has 0 bridgehead atoms. The number of fused-ring (bicyclic) bond motifs is 1. The average Bonchev–Trinajstić information content (AvgIpc) is 3.31. The molecule has 1 aliphatic carbocycles. The van der Waals surface area contributed by atoms with Crippen molar-refractivity contribution in [1.29, 1.82) is 0 Å². The molecule has 1 aromatic carbocycles. The lowest BCUT2D eigenvalue weighted by molar-refractivity contribution is 0.102. The Kier molecular flexibility index (Phi) is 4.03.